The minimum absolute atomic E-state index is 0.482. The summed E-state index contributed by atoms with van der Waals surface area (Å²) in [4.78, 5) is 2.95. The van der Waals surface area contributed by atoms with Crippen molar-refractivity contribution in [3.8, 4) is 0 Å². The highest BCUT2D eigenvalue weighted by Gasteiger charge is 2.36. The van der Waals surface area contributed by atoms with Gasteiger partial charge < -0.3 is 10.6 Å². The molecule has 1 aliphatic carbocycles. The summed E-state index contributed by atoms with van der Waals surface area (Å²) in [5, 5.41) is 0. The van der Waals surface area contributed by atoms with Crippen LogP contribution in [0.3, 0.4) is 0 Å². The first-order valence-corrected chi connectivity index (χ1v) is 9.15. The van der Waals surface area contributed by atoms with Gasteiger partial charge in [-0.05, 0) is 59.2 Å². The fourth-order valence-corrected chi connectivity index (χ4v) is 4.96. The number of rotatable bonds is 2. The maximum Gasteiger partial charge on any atom is 0.107 e. The van der Waals surface area contributed by atoms with Gasteiger partial charge in [-0.25, -0.2) is 0 Å². The Kier molecular flexibility index (Phi) is 4.55. The Morgan fingerprint density at radius 2 is 1.76 bits per heavy atom. The van der Waals surface area contributed by atoms with Gasteiger partial charge in [0.15, 0.2) is 0 Å². The van der Waals surface area contributed by atoms with Gasteiger partial charge in [0.2, 0.25) is 0 Å². The highest BCUT2D eigenvalue weighted by molar-refractivity contribution is 9.10. The number of anilines is 1. The lowest BCUT2D eigenvalue weighted by Gasteiger charge is -2.45. The van der Waals surface area contributed by atoms with Gasteiger partial charge in [-0.2, -0.15) is 0 Å². The lowest BCUT2D eigenvalue weighted by atomic mass is 9.68. The van der Waals surface area contributed by atoms with E-state index < -0.39 is 0 Å². The number of hydrogen-bond acceptors (Lipinski definition) is 2. The van der Waals surface area contributed by atoms with Gasteiger partial charge >= 0.3 is 0 Å². The molecular weight excluding hydrogens is 344 g/mol. The second-order valence-corrected chi connectivity index (χ2v) is 7.84. The summed E-state index contributed by atoms with van der Waals surface area (Å²) >= 11 is 8.84. The van der Waals surface area contributed by atoms with E-state index in [0.29, 0.717) is 10.4 Å². The molecule has 1 aromatic carbocycles. The fraction of sp³-hybridized carbons (Fsp3) is 0.588. The number of halogens is 1. The molecule has 0 amide bonds. The minimum atomic E-state index is 0.482. The van der Waals surface area contributed by atoms with E-state index in [1.165, 1.54) is 50.6 Å². The molecule has 2 fully saturated rings. The number of nitrogens with zero attached hydrogens (tertiary/aromatic N) is 1. The number of piperidine rings is 1. The summed E-state index contributed by atoms with van der Waals surface area (Å²) in [5.74, 6) is 0. The molecule has 1 aliphatic heterocycles. The topological polar surface area (TPSA) is 29.3 Å². The van der Waals surface area contributed by atoms with Crippen molar-refractivity contribution >= 4 is 38.8 Å². The van der Waals surface area contributed by atoms with E-state index in [1.807, 2.05) is 6.07 Å². The van der Waals surface area contributed by atoms with Crippen molar-refractivity contribution in [2.45, 2.75) is 44.9 Å². The first-order valence-electron chi connectivity index (χ1n) is 7.95. The highest BCUT2D eigenvalue weighted by atomic mass is 79.9. The number of hydrogen-bond donors (Lipinski definition) is 1. The van der Waals surface area contributed by atoms with Crippen molar-refractivity contribution < 1.29 is 0 Å². The van der Waals surface area contributed by atoms with Gasteiger partial charge in [0.25, 0.3) is 0 Å². The van der Waals surface area contributed by atoms with E-state index in [9.17, 15) is 0 Å². The maximum atomic E-state index is 5.93. The molecule has 1 spiro atoms. The Balaban J connectivity index is 1.78. The molecule has 0 radical (unpaired) electrons. The SMILES string of the molecule is NC(=S)c1c(Br)cccc1N1CCC2(CCCCC2)CC1. The van der Waals surface area contributed by atoms with Crippen LogP contribution in [0.25, 0.3) is 0 Å². The molecule has 2 nitrogen and oxygen atoms in total. The first kappa shape index (κ1) is 15.3. The lowest BCUT2D eigenvalue weighted by molar-refractivity contribution is 0.144. The standard InChI is InChI=1S/C17H23BrN2S/c18-13-5-4-6-14(15(13)16(19)21)20-11-9-17(10-12-20)7-2-1-3-8-17/h4-6H,1-3,7-12H2,(H2,19,21). The first-order chi connectivity index (χ1) is 10.1. The van der Waals surface area contributed by atoms with Crippen LogP contribution in [0.1, 0.15) is 50.5 Å². The number of thiocarbonyl (C=S) groups is 1. The van der Waals surface area contributed by atoms with Crippen molar-refractivity contribution in [3.05, 3.63) is 28.2 Å². The van der Waals surface area contributed by atoms with E-state index in [0.717, 1.165) is 23.1 Å². The summed E-state index contributed by atoms with van der Waals surface area (Å²) in [5.41, 5.74) is 8.75. The predicted molar refractivity (Wildman–Crippen MR) is 97.0 cm³/mol. The van der Waals surface area contributed by atoms with E-state index in [4.69, 9.17) is 18.0 Å². The quantitative estimate of drug-likeness (QED) is 0.773. The number of nitrogens with two attached hydrogens (primary N) is 1. The van der Waals surface area contributed by atoms with Crippen LogP contribution in [0, 0.1) is 5.41 Å². The Hall–Kier alpha value is -0.610. The van der Waals surface area contributed by atoms with Crippen molar-refractivity contribution in [2.75, 3.05) is 18.0 Å². The molecule has 1 saturated carbocycles. The molecule has 1 saturated heterocycles. The third kappa shape index (κ3) is 3.11. The largest absolute Gasteiger partial charge is 0.389 e. The molecule has 0 atom stereocenters. The van der Waals surface area contributed by atoms with Crippen molar-refractivity contribution in [2.24, 2.45) is 11.1 Å². The maximum absolute atomic E-state index is 5.93. The van der Waals surface area contributed by atoms with E-state index in [1.54, 1.807) is 0 Å². The number of benzene rings is 1. The third-order valence-corrected chi connectivity index (χ3v) is 6.18. The van der Waals surface area contributed by atoms with Crippen LogP contribution in [0.15, 0.2) is 22.7 Å². The van der Waals surface area contributed by atoms with Crippen LogP contribution in [0.5, 0.6) is 0 Å². The average molecular weight is 367 g/mol. The summed E-state index contributed by atoms with van der Waals surface area (Å²) < 4.78 is 1.01. The molecule has 0 unspecified atom stereocenters. The zero-order chi connectivity index (χ0) is 14.9. The molecule has 0 bridgehead atoms. The molecular formula is C17H23BrN2S. The average Bonchev–Trinajstić information content (AvgIpc) is 2.48. The van der Waals surface area contributed by atoms with E-state index >= 15 is 0 Å². The van der Waals surface area contributed by atoms with Gasteiger partial charge in [-0.15, -0.1) is 0 Å². The monoisotopic (exact) mass is 366 g/mol. The highest BCUT2D eigenvalue weighted by Crippen LogP contribution is 2.45. The molecule has 2 aliphatic rings. The van der Waals surface area contributed by atoms with Crippen molar-refractivity contribution in [1.29, 1.82) is 0 Å². The lowest BCUT2D eigenvalue weighted by Crippen LogP contribution is -2.41. The molecule has 1 heterocycles. The van der Waals surface area contributed by atoms with Crippen LogP contribution < -0.4 is 10.6 Å². The van der Waals surface area contributed by atoms with Gasteiger partial charge in [0.1, 0.15) is 4.99 Å². The molecule has 2 N–H and O–H groups in total. The Labute approximate surface area is 141 Å². The third-order valence-electron chi connectivity index (χ3n) is 5.32. The normalized spacial score (nSPS) is 21.5. The van der Waals surface area contributed by atoms with E-state index in [-0.39, 0.29) is 0 Å². The molecule has 3 rings (SSSR count). The van der Waals surface area contributed by atoms with Crippen molar-refractivity contribution in [1.82, 2.24) is 0 Å². The molecule has 4 heteroatoms. The fourth-order valence-electron chi connectivity index (χ4n) is 4.04. The van der Waals surface area contributed by atoms with Gasteiger partial charge in [-0.1, -0.05) is 37.5 Å². The van der Waals surface area contributed by atoms with Crippen LogP contribution in [-0.4, -0.2) is 18.1 Å². The van der Waals surface area contributed by atoms with Crippen LogP contribution in [0.4, 0.5) is 5.69 Å². The van der Waals surface area contributed by atoms with Crippen LogP contribution >= 0.6 is 28.1 Å². The summed E-state index contributed by atoms with van der Waals surface area (Å²) in [6.45, 7) is 2.26. The summed E-state index contributed by atoms with van der Waals surface area (Å²) in [6, 6.07) is 6.24. The van der Waals surface area contributed by atoms with Gasteiger partial charge in [0, 0.05) is 28.8 Å². The minimum Gasteiger partial charge on any atom is -0.389 e. The Morgan fingerprint density at radius 1 is 1.10 bits per heavy atom. The van der Waals surface area contributed by atoms with Gasteiger partial charge in [0.05, 0.1) is 0 Å². The van der Waals surface area contributed by atoms with Crippen LogP contribution in [-0.2, 0) is 0 Å². The molecule has 114 valence electrons. The molecule has 0 aromatic heterocycles. The Bertz CT molecular complexity index is 528. The summed E-state index contributed by atoms with van der Waals surface area (Å²) in [6.07, 6.45) is 9.78. The van der Waals surface area contributed by atoms with E-state index in [2.05, 4.69) is 33.0 Å². The smallest absolute Gasteiger partial charge is 0.107 e. The van der Waals surface area contributed by atoms with Crippen molar-refractivity contribution in [3.63, 3.8) is 0 Å². The molecule has 1 aromatic rings. The zero-order valence-corrected chi connectivity index (χ0v) is 14.8. The molecule has 21 heavy (non-hydrogen) atoms. The van der Waals surface area contributed by atoms with Gasteiger partial charge in [-0.3, -0.25) is 0 Å². The zero-order valence-electron chi connectivity index (χ0n) is 12.4. The summed E-state index contributed by atoms with van der Waals surface area (Å²) in [7, 11) is 0. The second-order valence-electron chi connectivity index (χ2n) is 6.55. The predicted octanol–water partition coefficient (Wildman–Crippen LogP) is 4.63. The van der Waals surface area contributed by atoms with Crippen LogP contribution in [0.2, 0.25) is 0 Å². The Morgan fingerprint density at radius 3 is 2.38 bits per heavy atom. The second kappa shape index (κ2) is 6.25.